The molecule has 1 atom stereocenters. The molecule has 0 amide bonds. The second-order valence-electron chi connectivity index (χ2n) is 5.73. The van der Waals surface area contributed by atoms with Crippen LogP contribution < -0.4 is 4.74 Å². The van der Waals surface area contributed by atoms with Gasteiger partial charge in [0.2, 0.25) is 0 Å². The lowest BCUT2D eigenvalue weighted by Crippen LogP contribution is -2.02. The van der Waals surface area contributed by atoms with Gasteiger partial charge in [-0.05, 0) is 37.1 Å². The van der Waals surface area contributed by atoms with Crippen molar-refractivity contribution in [3.8, 4) is 5.75 Å². The maximum atomic E-state index is 12.7. The highest BCUT2D eigenvalue weighted by Gasteiger charge is 2.05. The number of rotatable bonds is 5. The van der Waals surface area contributed by atoms with Crippen LogP contribution in [-0.4, -0.2) is 17.6 Å². The van der Waals surface area contributed by atoms with Crippen LogP contribution in [0.3, 0.4) is 0 Å². The van der Waals surface area contributed by atoms with E-state index in [1.165, 1.54) is 11.1 Å². The molecule has 22 heavy (non-hydrogen) atoms. The van der Waals surface area contributed by atoms with Crippen LogP contribution in [0.1, 0.15) is 22.3 Å². The van der Waals surface area contributed by atoms with E-state index in [2.05, 4.69) is 36.4 Å². The fourth-order valence-electron chi connectivity index (χ4n) is 2.45. The first kappa shape index (κ1) is 16.6. The van der Waals surface area contributed by atoms with Gasteiger partial charge in [0.15, 0.2) is 0 Å². The van der Waals surface area contributed by atoms with E-state index in [9.17, 15) is 4.21 Å². The van der Waals surface area contributed by atoms with Crippen molar-refractivity contribution >= 4 is 9.73 Å². The van der Waals surface area contributed by atoms with Crippen LogP contribution in [0, 0.1) is 13.8 Å². The Hall–Kier alpha value is -1.81. The van der Waals surface area contributed by atoms with Crippen molar-refractivity contribution < 1.29 is 8.95 Å². The molecule has 0 spiro atoms. The van der Waals surface area contributed by atoms with Gasteiger partial charge in [-0.3, -0.25) is 0 Å². The molecule has 0 aliphatic rings. The molecule has 0 aromatic heterocycles. The summed E-state index contributed by atoms with van der Waals surface area (Å²) in [6, 6.07) is 14.0. The van der Waals surface area contributed by atoms with Crippen LogP contribution in [0.4, 0.5) is 0 Å². The molecule has 4 heteroatoms. The van der Waals surface area contributed by atoms with E-state index in [0.29, 0.717) is 12.3 Å². The van der Waals surface area contributed by atoms with E-state index in [1.54, 1.807) is 13.4 Å². The average Bonchev–Trinajstić information content (AvgIpc) is 2.44. The van der Waals surface area contributed by atoms with Gasteiger partial charge >= 0.3 is 0 Å². The van der Waals surface area contributed by atoms with E-state index >= 15 is 0 Å². The van der Waals surface area contributed by atoms with Crippen molar-refractivity contribution in [3.05, 3.63) is 64.7 Å². The molecule has 2 rings (SSSR count). The summed E-state index contributed by atoms with van der Waals surface area (Å²) >= 11 is 0. The van der Waals surface area contributed by atoms with Gasteiger partial charge in [-0.2, -0.15) is 0 Å². The molecule has 1 unspecified atom stereocenters. The first-order valence-corrected chi connectivity index (χ1v) is 9.33. The SMILES string of the molecule is COc1ccc(CN=S(C)(=O)Cc2cc(C)cc(C)c2)cc1. The number of aryl methyl sites for hydroxylation is 2. The molecule has 0 saturated heterocycles. The van der Waals surface area contributed by atoms with E-state index in [1.807, 2.05) is 24.3 Å². The zero-order valence-corrected chi connectivity index (χ0v) is 14.4. The predicted octanol–water partition coefficient (Wildman–Crippen LogP) is 4.11. The quantitative estimate of drug-likeness (QED) is 0.832. The Morgan fingerprint density at radius 3 is 2.14 bits per heavy atom. The third-order valence-electron chi connectivity index (χ3n) is 3.40. The summed E-state index contributed by atoms with van der Waals surface area (Å²) in [5, 5.41) is 0. The molecule has 0 bridgehead atoms. The minimum Gasteiger partial charge on any atom is -0.497 e. The Balaban J connectivity index is 2.12. The summed E-state index contributed by atoms with van der Waals surface area (Å²) < 4.78 is 22.2. The molecule has 3 nitrogen and oxygen atoms in total. The van der Waals surface area contributed by atoms with Crippen LogP contribution in [0.2, 0.25) is 0 Å². The second kappa shape index (κ2) is 6.97. The highest BCUT2D eigenvalue weighted by molar-refractivity contribution is 7.92. The van der Waals surface area contributed by atoms with E-state index in [-0.39, 0.29) is 0 Å². The lowest BCUT2D eigenvalue weighted by atomic mass is 10.1. The van der Waals surface area contributed by atoms with Crippen molar-refractivity contribution in [2.45, 2.75) is 26.1 Å². The van der Waals surface area contributed by atoms with Gasteiger partial charge in [-0.25, -0.2) is 8.57 Å². The Morgan fingerprint density at radius 1 is 1.00 bits per heavy atom. The van der Waals surface area contributed by atoms with Crippen LogP contribution in [0.5, 0.6) is 5.75 Å². The first-order chi connectivity index (χ1) is 10.4. The zero-order chi connectivity index (χ0) is 16.2. The van der Waals surface area contributed by atoms with E-state index in [0.717, 1.165) is 16.9 Å². The van der Waals surface area contributed by atoms with Crippen LogP contribution in [-0.2, 0) is 22.0 Å². The minimum absolute atomic E-state index is 0.462. The monoisotopic (exact) mass is 317 g/mol. The van der Waals surface area contributed by atoms with Gasteiger partial charge in [0.1, 0.15) is 5.75 Å². The van der Waals surface area contributed by atoms with Crippen LogP contribution in [0.15, 0.2) is 46.8 Å². The van der Waals surface area contributed by atoms with E-state index in [4.69, 9.17) is 4.74 Å². The highest BCUT2D eigenvalue weighted by atomic mass is 32.2. The average molecular weight is 317 g/mol. The molecule has 0 saturated carbocycles. The van der Waals surface area contributed by atoms with E-state index < -0.39 is 9.73 Å². The molecule has 0 radical (unpaired) electrons. The number of hydrogen-bond acceptors (Lipinski definition) is 3. The molecule has 118 valence electrons. The smallest absolute Gasteiger partial charge is 0.118 e. The van der Waals surface area contributed by atoms with Crippen molar-refractivity contribution in [2.75, 3.05) is 13.4 Å². The largest absolute Gasteiger partial charge is 0.497 e. The summed E-state index contributed by atoms with van der Waals surface area (Å²) in [5.74, 6) is 1.31. The molecular weight excluding hydrogens is 294 g/mol. The first-order valence-electron chi connectivity index (χ1n) is 7.24. The van der Waals surface area contributed by atoms with Crippen molar-refractivity contribution in [2.24, 2.45) is 4.36 Å². The fraction of sp³-hybridized carbons (Fsp3) is 0.333. The molecular formula is C18H23NO2S. The van der Waals surface area contributed by atoms with Gasteiger partial charge < -0.3 is 4.74 Å². The topological polar surface area (TPSA) is 38.7 Å². The van der Waals surface area contributed by atoms with Crippen LogP contribution in [0.25, 0.3) is 0 Å². The third-order valence-corrected chi connectivity index (χ3v) is 4.94. The van der Waals surface area contributed by atoms with Crippen molar-refractivity contribution in [1.29, 1.82) is 0 Å². The molecule has 0 fully saturated rings. The van der Waals surface area contributed by atoms with Gasteiger partial charge in [0.25, 0.3) is 0 Å². The lowest BCUT2D eigenvalue weighted by molar-refractivity contribution is 0.414. The molecule has 0 aliphatic heterocycles. The normalized spacial score (nSPS) is 13.5. The highest BCUT2D eigenvalue weighted by Crippen LogP contribution is 2.15. The molecule has 0 N–H and O–H groups in total. The molecule has 0 heterocycles. The zero-order valence-electron chi connectivity index (χ0n) is 13.6. The Kier molecular flexibility index (Phi) is 5.24. The number of nitrogens with zero attached hydrogens (tertiary/aromatic N) is 1. The number of methoxy groups -OCH3 is 1. The molecule has 2 aromatic rings. The summed E-state index contributed by atoms with van der Waals surface area (Å²) in [6.07, 6.45) is 1.73. The predicted molar refractivity (Wildman–Crippen MR) is 92.8 cm³/mol. The third kappa shape index (κ3) is 4.88. The van der Waals surface area contributed by atoms with Crippen molar-refractivity contribution in [3.63, 3.8) is 0 Å². The number of hydrogen-bond donors (Lipinski definition) is 0. The molecule has 2 aromatic carbocycles. The summed E-state index contributed by atoms with van der Waals surface area (Å²) in [5.41, 5.74) is 4.51. The van der Waals surface area contributed by atoms with Crippen LogP contribution >= 0.6 is 0 Å². The Labute approximate surface area is 133 Å². The summed E-state index contributed by atoms with van der Waals surface area (Å²) in [7, 11) is -0.597. The lowest BCUT2D eigenvalue weighted by Gasteiger charge is -2.08. The minimum atomic E-state index is -2.24. The second-order valence-corrected chi connectivity index (χ2v) is 8.20. The maximum absolute atomic E-state index is 12.7. The summed E-state index contributed by atoms with van der Waals surface area (Å²) in [6.45, 7) is 4.58. The standard InChI is InChI=1S/C18H23NO2S/c1-14-9-15(2)11-17(10-14)13-22(4,20)19-12-16-5-7-18(21-3)8-6-16/h5-11H,12-13H2,1-4H3. The number of ether oxygens (including phenoxy) is 1. The van der Waals surface area contributed by atoms with Gasteiger partial charge in [0, 0.05) is 16.0 Å². The van der Waals surface area contributed by atoms with Gasteiger partial charge in [0.05, 0.1) is 19.4 Å². The number of benzene rings is 2. The van der Waals surface area contributed by atoms with Crippen molar-refractivity contribution in [1.82, 2.24) is 0 Å². The van der Waals surface area contributed by atoms with Gasteiger partial charge in [-0.15, -0.1) is 0 Å². The Morgan fingerprint density at radius 2 is 1.59 bits per heavy atom. The maximum Gasteiger partial charge on any atom is 0.118 e. The summed E-state index contributed by atoms with van der Waals surface area (Å²) in [4.78, 5) is 0. The van der Waals surface area contributed by atoms with Gasteiger partial charge in [-0.1, -0.05) is 41.5 Å². The Bertz CT molecular complexity index is 737. The molecule has 0 aliphatic carbocycles. The fourth-order valence-corrected chi connectivity index (χ4v) is 3.75.